The van der Waals surface area contributed by atoms with Crippen molar-refractivity contribution in [1.82, 2.24) is 9.55 Å². The summed E-state index contributed by atoms with van der Waals surface area (Å²) in [5.74, 6) is 1.95. The number of benzene rings is 3. The molecule has 0 saturated carbocycles. The summed E-state index contributed by atoms with van der Waals surface area (Å²) in [7, 11) is 0. The lowest BCUT2D eigenvalue weighted by Crippen LogP contribution is -2.24. The molecule has 1 atom stereocenters. The lowest BCUT2D eigenvalue weighted by atomic mass is 10.1. The molecule has 6 heteroatoms. The molecular weight excluding hydrogens is 446 g/mol. The van der Waals surface area contributed by atoms with Gasteiger partial charge >= 0.3 is 0 Å². The molecule has 2 heterocycles. The smallest absolute Gasteiger partial charge is 0.227 e. The van der Waals surface area contributed by atoms with Gasteiger partial charge in [0.15, 0.2) is 0 Å². The number of aryl methyl sites for hydroxylation is 3. The van der Waals surface area contributed by atoms with Crippen molar-refractivity contribution in [2.75, 3.05) is 18.1 Å². The third kappa shape index (κ3) is 4.53. The molecule has 34 heavy (non-hydrogen) atoms. The van der Waals surface area contributed by atoms with E-state index in [1.165, 1.54) is 11.1 Å². The summed E-state index contributed by atoms with van der Waals surface area (Å²) < 4.78 is 8.30. The SMILES string of the molecule is Cc1cc(C)cc(OCCCn2c(C3CC(=O)N(c4ccccc4Cl)C3)nc3ccccc32)c1. The number of rotatable bonds is 7. The predicted octanol–water partition coefficient (Wildman–Crippen LogP) is 6.30. The van der Waals surface area contributed by atoms with E-state index in [0.717, 1.165) is 41.3 Å². The molecule has 3 aromatic carbocycles. The van der Waals surface area contributed by atoms with Crippen LogP contribution in [0.5, 0.6) is 5.75 Å². The van der Waals surface area contributed by atoms with E-state index in [0.29, 0.717) is 24.6 Å². The van der Waals surface area contributed by atoms with Gasteiger partial charge in [-0.25, -0.2) is 4.98 Å². The van der Waals surface area contributed by atoms with E-state index in [9.17, 15) is 4.79 Å². The zero-order chi connectivity index (χ0) is 23.7. The van der Waals surface area contributed by atoms with Gasteiger partial charge in [0, 0.05) is 25.4 Å². The third-order valence-electron chi connectivity index (χ3n) is 6.31. The number of hydrogen-bond donors (Lipinski definition) is 0. The molecule has 1 aliphatic rings. The Kier molecular flexibility index (Phi) is 6.29. The molecule has 1 fully saturated rings. The minimum atomic E-state index is 0.0107. The van der Waals surface area contributed by atoms with Gasteiger partial charge in [0.25, 0.3) is 0 Å². The summed E-state index contributed by atoms with van der Waals surface area (Å²) in [6.07, 6.45) is 1.27. The Morgan fingerprint density at radius 3 is 2.56 bits per heavy atom. The fraction of sp³-hybridized carbons (Fsp3) is 0.286. The summed E-state index contributed by atoms with van der Waals surface area (Å²) in [6, 6.07) is 22.0. The van der Waals surface area contributed by atoms with Crippen LogP contribution in [-0.4, -0.2) is 28.6 Å². The van der Waals surface area contributed by atoms with Gasteiger partial charge in [-0.15, -0.1) is 0 Å². The largest absolute Gasteiger partial charge is 0.494 e. The van der Waals surface area contributed by atoms with Gasteiger partial charge < -0.3 is 14.2 Å². The maximum Gasteiger partial charge on any atom is 0.227 e. The standard InChI is InChI=1S/C28H28ClN3O2/c1-19-14-20(2)16-22(15-19)34-13-7-12-31-26-11-6-4-9-24(26)30-28(31)21-17-27(33)32(18-21)25-10-5-3-8-23(25)29/h3-6,8-11,14-16,21H,7,12-13,17-18H2,1-2H3. The number of ether oxygens (including phenoxy) is 1. The zero-order valence-electron chi connectivity index (χ0n) is 19.5. The average molecular weight is 474 g/mol. The van der Waals surface area contributed by atoms with Gasteiger partial charge in [0.2, 0.25) is 5.91 Å². The van der Waals surface area contributed by atoms with Crippen LogP contribution in [0.3, 0.4) is 0 Å². The number of nitrogens with zero attached hydrogens (tertiary/aromatic N) is 3. The Hall–Kier alpha value is -3.31. The van der Waals surface area contributed by atoms with E-state index in [2.05, 4.69) is 42.7 Å². The van der Waals surface area contributed by atoms with E-state index in [-0.39, 0.29) is 11.8 Å². The highest BCUT2D eigenvalue weighted by Gasteiger charge is 2.35. The molecule has 5 nitrogen and oxygen atoms in total. The lowest BCUT2D eigenvalue weighted by Gasteiger charge is -2.18. The first kappa shape index (κ1) is 22.5. The van der Waals surface area contributed by atoms with E-state index >= 15 is 0 Å². The minimum absolute atomic E-state index is 0.0107. The van der Waals surface area contributed by atoms with Crippen molar-refractivity contribution >= 4 is 34.2 Å². The molecule has 1 amide bonds. The Balaban J connectivity index is 1.35. The Bertz CT molecular complexity index is 1330. The fourth-order valence-corrected chi connectivity index (χ4v) is 5.09. The van der Waals surface area contributed by atoms with Gasteiger partial charge in [-0.1, -0.05) is 41.9 Å². The molecule has 1 aliphatic heterocycles. The van der Waals surface area contributed by atoms with Gasteiger partial charge in [-0.2, -0.15) is 0 Å². The maximum absolute atomic E-state index is 12.9. The van der Waals surface area contributed by atoms with Crippen LogP contribution >= 0.6 is 11.6 Å². The maximum atomic E-state index is 12.9. The second kappa shape index (κ2) is 9.51. The minimum Gasteiger partial charge on any atom is -0.494 e. The second-order valence-electron chi connectivity index (χ2n) is 8.99. The van der Waals surface area contributed by atoms with Crippen molar-refractivity contribution in [2.24, 2.45) is 0 Å². The molecule has 0 spiro atoms. The summed E-state index contributed by atoms with van der Waals surface area (Å²) in [6.45, 7) is 6.13. The molecule has 0 bridgehead atoms. The van der Waals surface area contributed by atoms with Gasteiger partial charge in [0.1, 0.15) is 11.6 Å². The molecule has 5 rings (SSSR count). The molecule has 1 saturated heterocycles. The average Bonchev–Trinajstić information content (AvgIpc) is 3.37. The number of carbonyl (C=O) groups is 1. The summed E-state index contributed by atoms with van der Waals surface area (Å²) in [4.78, 5) is 19.7. The fourth-order valence-electron chi connectivity index (χ4n) is 4.85. The number of fused-ring (bicyclic) bond motifs is 1. The summed E-state index contributed by atoms with van der Waals surface area (Å²) in [5.41, 5.74) is 5.21. The van der Waals surface area contributed by atoms with Crippen LogP contribution in [0.15, 0.2) is 66.7 Å². The molecule has 1 aromatic heterocycles. The number of hydrogen-bond acceptors (Lipinski definition) is 3. The second-order valence-corrected chi connectivity index (χ2v) is 9.40. The van der Waals surface area contributed by atoms with Crippen LogP contribution in [0, 0.1) is 13.8 Å². The van der Waals surface area contributed by atoms with Crippen LogP contribution in [0.25, 0.3) is 11.0 Å². The number of aromatic nitrogens is 2. The van der Waals surface area contributed by atoms with Gasteiger partial charge in [-0.05, 0) is 67.8 Å². The lowest BCUT2D eigenvalue weighted by molar-refractivity contribution is -0.117. The van der Waals surface area contributed by atoms with Crippen molar-refractivity contribution in [3.63, 3.8) is 0 Å². The van der Waals surface area contributed by atoms with Crippen LogP contribution in [0.1, 0.15) is 35.7 Å². The van der Waals surface area contributed by atoms with E-state index < -0.39 is 0 Å². The topological polar surface area (TPSA) is 47.4 Å². The first-order valence-corrected chi connectivity index (χ1v) is 12.1. The quantitative estimate of drug-likeness (QED) is 0.296. The molecular formula is C28H28ClN3O2. The van der Waals surface area contributed by atoms with Crippen molar-refractivity contribution in [3.8, 4) is 5.75 Å². The van der Waals surface area contributed by atoms with Crippen molar-refractivity contribution < 1.29 is 9.53 Å². The van der Waals surface area contributed by atoms with E-state index in [1.54, 1.807) is 4.90 Å². The summed E-state index contributed by atoms with van der Waals surface area (Å²) >= 11 is 6.38. The highest BCUT2D eigenvalue weighted by atomic mass is 35.5. The zero-order valence-corrected chi connectivity index (χ0v) is 20.3. The Morgan fingerprint density at radius 2 is 1.76 bits per heavy atom. The van der Waals surface area contributed by atoms with Crippen LogP contribution in [0.2, 0.25) is 5.02 Å². The van der Waals surface area contributed by atoms with E-state index in [1.807, 2.05) is 42.5 Å². The first-order chi connectivity index (χ1) is 16.5. The number of imidazole rings is 1. The van der Waals surface area contributed by atoms with Gasteiger partial charge in [0.05, 0.1) is 28.4 Å². The predicted molar refractivity (Wildman–Crippen MR) is 137 cm³/mol. The van der Waals surface area contributed by atoms with Gasteiger partial charge in [-0.3, -0.25) is 4.79 Å². The third-order valence-corrected chi connectivity index (χ3v) is 6.63. The number of anilines is 1. The molecule has 0 N–H and O–H groups in total. The van der Waals surface area contributed by atoms with E-state index in [4.69, 9.17) is 21.3 Å². The number of amides is 1. The molecule has 0 radical (unpaired) electrons. The number of halogens is 1. The van der Waals surface area contributed by atoms with Crippen LogP contribution < -0.4 is 9.64 Å². The van der Waals surface area contributed by atoms with Crippen molar-refractivity contribution in [2.45, 2.75) is 39.2 Å². The Labute approximate surface area is 204 Å². The number of para-hydroxylation sites is 3. The van der Waals surface area contributed by atoms with Crippen molar-refractivity contribution in [1.29, 1.82) is 0 Å². The van der Waals surface area contributed by atoms with Crippen molar-refractivity contribution in [3.05, 3.63) is 88.7 Å². The number of carbonyl (C=O) groups excluding carboxylic acids is 1. The van der Waals surface area contributed by atoms with Crippen LogP contribution in [-0.2, 0) is 11.3 Å². The summed E-state index contributed by atoms with van der Waals surface area (Å²) in [5, 5.41) is 0.591. The normalized spacial score (nSPS) is 15.9. The molecule has 1 unspecified atom stereocenters. The molecule has 174 valence electrons. The Morgan fingerprint density at radius 1 is 1.03 bits per heavy atom. The highest BCUT2D eigenvalue weighted by Crippen LogP contribution is 2.36. The van der Waals surface area contributed by atoms with Crippen LogP contribution in [0.4, 0.5) is 5.69 Å². The monoisotopic (exact) mass is 473 g/mol. The first-order valence-electron chi connectivity index (χ1n) is 11.7. The highest BCUT2D eigenvalue weighted by molar-refractivity contribution is 6.33. The molecule has 0 aliphatic carbocycles. The molecule has 4 aromatic rings.